The maximum Gasteiger partial charge on any atom is 0.335 e. The van der Waals surface area contributed by atoms with Crippen LogP contribution in [0.4, 0.5) is 0 Å². The number of carbonyl (C=O) groups excluding carboxylic acids is 1. The van der Waals surface area contributed by atoms with E-state index in [0.29, 0.717) is 29.2 Å². The van der Waals surface area contributed by atoms with Gasteiger partial charge in [0.1, 0.15) is 0 Å². The maximum absolute atomic E-state index is 12.3. The number of amides is 1. The molecule has 6 heteroatoms. The van der Waals surface area contributed by atoms with Gasteiger partial charge >= 0.3 is 5.97 Å². The topological polar surface area (TPSA) is 84.9 Å². The smallest absolute Gasteiger partial charge is 0.335 e. The largest absolute Gasteiger partial charge is 0.493 e. The fourth-order valence-electron chi connectivity index (χ4n) is 2.18. The van der Waals surface area contributed by atoms with Crippen LogP contribution in [0.5, 0.6) is 11.5 Å². The third-order valence-electron chi connectivity index (χ3n) is 3.35. The van der Waals surface area contributed by atoms with Crippen LogP contribution in [0.2, 0.25) is 0 Å². The number of methoxy groups -OCH3 is 1. The molecule has 2 aromatic rings. The molecule has 0 unspecified atom stereocenters. The van der Waals surface area contributed by atoms with Crippen LogP contribution in [0.25, 0.3) is 0 Å². The molecule has 2 aromatic carbocycles. The summed E-state index contributed by atoms with van der Waals surface area (Å²) < 4.78 is 10.6. The summed E-state index contributed by atoms with van der Waals surface area (Å²) in [5.41, 5.74) is 1.33. The number of carboxylic acids is 1. The molecule has 2 N–H and O–H groups in total. The van der Waals surface area contributed by atoms with Crippen LogP contribution >= 0.6 is 0 Å². The summed E-state index contributed by atoms with van der Waals surface area (Å²) in [5.74, 6) is -0.220. The van der Waals surface area contributed by atoms with E-state index < -0.39 is 5.97 Å². The number of carboxylic acid groups (broad SMARTS) is 1. The predicted molar refractivity (Wildman–Crippen MR) is 88.7 cm³/mol. The number of hydrogen-bond acceptors (Lipinski definition) is 4. The van der Waals surface area contributed by atoms with Crippen LogP contribution in [-0.2, 0) is 6.54 Å². The monoisotopic (exact) mass is 329 g/mol. The summed E-state index contributed by atoms with van der Waals surface area (Å²) in [5, 5.41) is 11.7. The van der Waals surface area contributed by atoms with Gasteiger partial charge in [0.2, 0.25) is 0 Å². The first-order valence-electron chi connectivity index (χ1n) is 7.46. The molecule has 0 heterocycles. The lowest BCUT2D eigenvalue weighted by molar-refractivity contribution is 0.0696. The van der Waals surface area contributed by atoms with E-state index >= 15 is 0 Å². The van der Waals surface area contributed by atoms with Gasteiger partial charge < -0.3 is 19.9 Å². The van der Waals surface area contributed by atoms with Gasteiger partial charge in [-0.1, -0.05) is 12.1 Å². The molecule has 0 aromatic heterocycles. The minimum absolute atomic E-state index is 0.185. The van der Waals surface area contributed by atoms with E-state index in [1.807, 2.05) is 6.92 Å². The summed E-state index contributed by atoms with van der Waals surface area (Å²) >= 11 is 0. The van der Waals surface area contributed by atoms with Gasteiger partial charge in [-0.25, -0.2) is 4.79 Å². The van der Waals surface area contributed by atoms with Crippen molar-refractivity contribution >= 4 is 11.9 Å². The van der Waals surface area contributed by atoms with Crippen molar-refractivity contribution in [3.05, 3.63) is 59.2 Å². The summed E-state index contributed by atoms with van der Waals surface area (Å²) in [6, 6.07) is 11.4. The van der Waals surface area contributed by atoms with Crippen molar-refractivity contribution in [1.82, 2.24) is 5.32 Å². The van der Waals surface area contributed by atoms with E-state index in [2.05, 4.69) is 5.32 Å². The second-order valence-corrected chi connectivity index (χ2v) is 4.99. The van der Waals surface area contributed by atoms with Crippen molar-refractivity contribution in [2.45, 2.75) is 13.5 Å². The Kier molecular flexibility index (Phi) is 5.78. The number of ether oxygens (including phenoxy) is 2. The van der Waals surface area contributed by atoms with Crippen LogP contribution in [0.3, 0.4) is 0 Å². The summed E-state index contributed by atoms with van der Waals surface area (Å²) in [4.78, 5) is 23.2. The first kappa shape index (κ1) is 17.3. The third-order valence-corrected chi connectivity index (χ3v) is 3.35. The minimum atomic E-state index is -1.00. The molecule has 0 spiro atoms. The number of carbonyl (C=O) groups is 2. The Morgan fingerprint density at radius 1 is 1.08 bits per heavy atom. The Morgan fingerprint density at radius 2 is 1.88 bits per heavy atom. The first-order valence-corrected chi connectivity index (χ1v) is 7.46. The Hall–Kier alpha value is -3.02. The van der Waals surface area contributed by atoms with Gasteiger partial charge in [-0.2, -0.15) is 0 Å². The summed E-state index contributed by atoms with van der Waals surface area (Å²) in [6.45, 7) is 2.54. The van der Waals surface area contributed by atoms with Gasteiger partial charge in [-0.3, -0.25) is 4.79 Å². The molecule has 1 amide bonds. The molecule has 0 aliphatic heterocycles. The molecule has 0 atom stereocenters. The molecule has 126 valence electrons. The van der Waals surface area contributed by atoms with Gasteiger partial charge in [0.15, 0.2) is 11.5 Å². The lowest BCUT2D eigenvalue weighted by Gasteiger charge is -2.11. The predicted octanol–water partition coefficient (Wildman–Crippen LogP) is 2.72. The lowest BCUT2D eigenvalue weighted by atomic mass is 10.1. The van der Waals surface area contributed by atoms with Gasteiger partial charge in [0, 0.05) is 12.1 Å². The third kappa shape index (κ3) is 4.25. The molecule has 24 heavy (non-hydrogen) atoms. The Labute approximate surface area is 140 Å². The van der Waals surface area contributed by atoms with Gasteiger partial charge in [0.05, 0.1) is 19.3 Å². The van der Waals surface area contributed by atoms with Crippen LogP contribution in [0, 0.1) is 0 Å². The molecule has 2 rings (SSSR count). The molecule has 0 saturated heterocycles. The average molecular weight is 329 g/mol. The van der Waals surface area contributed by atoms with Crippen molar-refractivity contribution in [3.63, 3.8) is 0 Å². The molecule has 0 bridgehead atoms. The zero-order valence-corrected chi connectivity index (χ0v) is 13.5. The van der Waals surface area contributed by atoms with Gasteiger partial charge in [-0.05, 0) is 42.8 Å². The van der Waals surface area contributed by atoms with Crippen LogP contribution in [0.15, 0.2) is 42.5 Å². The van der Waals surface area contributed by atoms with Crippen LogP contribution < -0.4 is 14.8 Å². The van der Waals surface area contributed by atoms with Crippen molar-refractivity contribution in [1.29, 1.82) is 0 Å². The zero-order chi connectivity index (χ0) is 17.5. The van der Waals surface area contributed by atoms with Crippen LogP contribution in [-0.4, -0.2) is 30.7 Å². The molecule has 0 saturated carbocycles. The molecular weight excluding hydrogens is 310 g/mol. The highest BCUT2D eigenvalue weighted by Gasteiger charge is 2.11. The molecule has 0 radical (unpaired) electrons. The maximum atomic E-state index is 12.3. The van der Waals surface area contributed by atoms with Gasteiger partial charge in [0.25, 0.3) is 5.91 Å². The van der Waals surface area contributed by atoms with Crippen molar-refractivity contribution in [2.24, 2.45) is 0 Å². The van der Waals surface area contributed by atoms with E-state index in [1.54, 1.807) is 30.3 Å². The minimum Gasteiger partial charge on any atom is -0.493 e. The quantitative estimate of drug-likeness (QED) is 0.816. The average Bonchev–Trinajstić information content (AvgIpc) is 2.60. The zero-order valence-electron chi connectivity index (χ0n) is 13.5. The second kappa shape index (κ2) is 8.01. The highest BCUT2D eigenvalue weighted by atomic mass is 16.5. The van der Waals surface area contributed by atoms with E-state index in [1.165, 1.54) is 19.2 Å². The summed E-state index contributed by atoms with van der Waals surface area (Å²) in [7, 11) is 1.53. The van der Waals surface area contributed by atoms with E-state index in [9.17, 15) is 9.59 Å². The van der Waals surface area contributed by atoms with E-state index in [-0.39, 0.29) is 18.0 Å². The highest BCUT2D eigenvalue weighted by Crippen LogP contribution is 2.28. The Bertz CT molecular complexity index is 742. The van der Waals surface area contributed by atoms with E-state index in [0.717, 1.165) is 0 Å². The number of benzene rings is 2. The Balaban J connectivity index is 2.08. The highest BCUT2D eigenvalue weighted by molar-refractivity contribution is 5.95. The molecule has 6 nitrogen and oxygen atoms in total. The molecular formula is C18H19NO5. The van der Waals surface area contributed by atoms with E-state index in [4.69, 9.17) is 14.6 Å². The fourth-order valence-corrected chi connectivity index (χ4v) is 2.18. The number of nitrogens with one attached hydrogen (secondary N) is 1. The number of aromatic carboxylic acids is 1. The van der Waals surface area contributed by atoms with Crippen molar-refractivity contribution in [2.75, 3.05) is 13.7 Å². The normalized spacial score (nSPS) is 10.1. The SMILES string of the molecule is CCOc1cc(C(=O)NCc2cccc(C(=O)O)c2)ccc1OC. The van der Waals surface area contributed by atoms with Crippen molar-refractivity contribution < 1.29 is 24.2 Å². The second-order valence-electron chi connectivity index (χ2n) is 4.99. The molecule has 0 aliphatic carbocycles. The first-order chi connectivity index (χ1) is 11.5. The van der Waals surface area contributed by atoms with Gasteiger partial charge in [-0.15, -0.1) is 0 Å². The number of hydrogen-bond donors (Lipinski definition) is 2. The Morgan fingerprint density at radius 3 is 2.54 bits per heavy atom. The number of rotatable bonds is 7. The molecule has 0 fully saturated rings. The summed E-state index contributed by atoms with van der Waals surface area (Å²) in [6.07, 6.45) is 0. The molecule has 0 aliphatic rings. The fraction of sp³-hybridized carbons (Fsp3) is 0.222. The van der Waals surface area contributed by atoms with Crippen molar-refractivity contribution in [3.8, 4) is 11.5 Å². The standard InChI is InChI=1S/C18H19NO5/c1-3-24-16-10-13(7-8-15(16)23-2)17(20)19-11-12-5-4-6-14(9-12)18(21)22/h4-10H,3,11H2,1-2H3,(H,19,20)(H,21,22). The lowest BCUT2D eigenvalue weighted by Crippen LogP contribution is -2.23. The van der Waals surface area contributed by atoms with Crippen LogP contribution in [0.1, 0.15) is 33.2 Å².